The Morgan fingerprint density at radius 1 is 0.750 bits per heavy atom. The number of ether oxygens (including phenoxy) is 4. The van der Waals surface area contributed by atoms with Crippen LogP contribution in [0.15, 0.2) is 32.9 Å². The second-order valence-corrected chi connectivity index (χ2v) is 12.9. The lowest BCUT2D eigenvalue weighted by atomic mass is 9.70. The topological polar surface area (TPSA) is 61.6 Å². The van der Waals surface area contributed by atoms with Crippen LogP contribution in [0, 0.1) is 11.3 Å². The van der Waals surface area contributed by atoms with Crippen LogP contribution in [0.4, 0.5) is 0 Å². The minimum absolute atomic E-state index is 0.310. The molecule has 0 saturated heterocycles. The molecule has 188 valence electrons. The Bertz CT molecular complexity index is 1360. The van der Waals surface area contributed by atoms with Gasteiger partial charge in [-0.1, -0.05) is 32.9 Å². The predicted molar refractivity (Wildman–Crippen MR) is 142 cm³/mol. The number of thiophene rings is 2. The van der Waals surface area contributed by atoms with Crippen molar-refractivity contribution < 1.29 is 18.9 Å². The zero-order chi connectivity index (χ0) is 24.5. The first-order valence-electron chi connectivity index (χ1n) is 12.8. The van der Waals surface area contributed by atoms with E-state index in [0.717, 1.165) is 80.3 Å². The molecule has 3 aromatic rings. The van der Waals surface area contributed by atoms with E-state index >= 15 is 0 Å². The number of hydrogen-bond donors (Lipinski definition) is 0. The zero-order valence-corrected chi connectivity index (χ0v) is 22.5. The summed E-state index contributed by atoms with van der Waals surface area (Å²) in [4.78, 5) is 13.0. The molecule has 0 bridgehead atoms. The lowest BCUT2D eigenvalue weighted by Gasteiger charge is -2.39. The summed E-state index contributed by atoms with van der Waals surface area (Å²) in [5.41, 5.74) is 2.07. The molecule has 2 aromatic heterocycles. The summed E-state index contributed by atoms with van der Waals surface area (Å²) in [6, 6.07) is 4.35. The summed E-state index contributed by atoms with van der Waals surface area (Å²) >= 11 is 3.31. The lowest BCUT2D eigenvalue weighted by molar-refractivity contribution is 0.138. The van der Waals surface area contributed by atoms with Crippen molar-refractivity contribution >= 4 is 22.7 Å². The van der Waals surface area contributed by atoms with Gasteiger partial charge in [0, 0.05) is 21.9 Å². The van der Waals surface area contributed by atoms with Crippen LogP contribution in [0.1, 0.15) is 46.5 Å². The summed E-state index contributed by atoms with van der Waals surface area (Å²) in [7, 11) is 0. The summed E-state index contributed by atoms with van der Waals surface area (Å²) in [6.45, 7) is 9.37. The molecule has 0 unspecified atom stereocenters. The van der Waals surface area contributed by atoms with Crippen molar-refractivity contribution in [3.63, 3.8) is 0 Å². The van der Waals surface area contributed by atoms with Crippen LogP contribution in [-0.2, 0) is 0 Å². The summed E-state index contributed by atoms with van der Waals surface area (Å²) in [6.07, 6.45) is 4.25. The second kappa shape index (κ2) is 8.21. The fourth-order valence-corrected chi connectivity index (χ4v) is 7.80. The average molecular weight is 523 g/mol. The van der Waals surface area contributed by atoms with Gasteiger partial charge in [-0.3, -0.25) is 9.98 Å². The fourth-order valence-electron chi connectivity index (χ4n) is 5.88. The van der Waals surface area contributed by atoms with E-state index in [0.29, 0.717) is 37.8 Å². The maximum atomic E-state index is 6.05. The van der Waals surface area contributed by atoms with Crippen LogP contribution in [0.5, 0.6) is 23.0 Å². The number of benzene rings is 1. The Morgan fingerprint density at radius 3 is 1.69 bits per heavy atom. The number of fused-ring (bicyclic) bond motifs is 3. The van der Waals surface area contributed by atoms with Crippen LogP contribution in [0.2, 0.25) is 0 Å². The van der Waals surface area contributed by atoms with E-state index < -0.39 is 5.66 Å². The number of rotatable bonds is 2. The van der Waals surface area contributed by atoms with Gasteiger partial charge in [0.1, 0.15) is 26.4 Å². The SMILES string of the molecule is CC(C)(C)C1CCC2(CC1)N=c1c(-c3scc4c3OCCO4)ccc(-c3scc4c3OCCO4)c1=N2. The molecule has 36 heavy (non-hydrogen) atoms. The maximum absolute atomic E-state index is 6.05. The van der Waals surface area contributed by atoms with Crippen LogP contribution in [0.25, 0.3) is 20.9 Å². The molecule has 0 N–H and O–H groups in total. The molecule has 4 aliphatic rings. The first-order valence-corrected chi connectivity index (χ1v) is 14.6. The molecule has 7 rings (SSSR count). The van der Waals surface area contributed by atoms with Gasteiger partial charge in [0.2, 0.25) is 0 Å². The van der Waals surface area contributed by atoms with E-state index in [1.165, 1.54) is 0 Å². The second-order valence-electron chi connectivity index (χ2n) is 11.1. The molecule has 5 heterocycles. The fraction of sp³-hybridized carbons (Fsp3) is 0.500. The Kier molecular flexibility index (Phi) is 5.16. The summed E-state index contributed by atoms with van der Waals surface area (Å²) in [5.74, 6) is 4.01. The van der Waals surface area contributed by atoms with E-state index in [-0.39, 0.29) is 0 Å². The lowest BCUT2D eigenvalue weighted by Crippen LogP contribution is -2.34. The highest BCUT2D eigenvalue weighted by atomic mass is 32.1. The third-order valence-corrected chi connectivity index (χ3v) is 9.84. The molecule has 0 atom stereocenters. The van der Waals surface area contributed by atoms with Crippen LogP contribution in [0.3, 0.4) is 0 Å². The van der Waals surface area contributed by atoms with Gasteiger partial charge in [0.25, 0.3) is 0 Å². The van der Waals surface area contributed by atoms with Gasteiger partial charge in [0.05, 0.1) is 20.5 Å². The van der Waals surface area contributed by atoms with Gasteiger partial charge in [-0.05, 0) is 37.0 Å². The van der Waals surface area contributed by atoms with Crippen molar-refractivity contribution in [3.8, 4) is 43.9 Å². The third kappa shape index (κ3) is 3.56. The largest absolute Gasteiger partial charge is 0.485 e. The normalized spacial score (nSPS) is 20.1. The number of nitrogens with zero attached hydrogens (tertiary/aromatic N) is 2. The van der Waals surface area contributed by atoms with Gasteiger partial charge in [-0.15, -0.1) is 22.7 Å². The van der Waals surface area contributed by atoms with Crippen molar-refractivity contribution in [2.75, 3.05) is 26.4 Å². The molecule has 8 heteroatoms. The van der Waals surface area contributed by atoms with Gasteiger partial charge in [-0.25, -0.2) is 0 Å². The van der Waals surface area contributed by atoms with Crippen molar-refractivity contribution in [2.24, 2.45) is 21.3 Å². The van der Waals surface area contributed by atoms with Crippen LogP contribution in [-0.4, -0.2) is 32.1 Å². The van der Waals surface area contributed by atoms with Crippen LogP contribution < -0.4 is 29.7 Å². The molecule has 0 amide bonds. The van der Waals surface area contributed by atoms with Crippen molar-refractivity contribution in [1.29, 1.82) is 0 Å². The Labute approximate surface area is 218 Å². The Hall–Kier alpha value is -2.58. The van der Waals surface area contributed by atoms with Gasteiger partial charge in [-0.2, -0.15) is 0 Å². The van der Waals surface area contributed by atoms with E-state index in [2.05, 4.69) is 32.9 Å². The monoisotopic (exact) mass is 522 g/mol. The van der Waals surface area contributed by atoms with Gasteiger partial charge < -0.3 is 18.9 Å². The molecular weight excluding hydrogens is 492 g/mol. The molecule has 0 radical (unpaired) electrons. The molecular formula is C28H30N2O4S2. The van der Waals surface area contributed by atoms with Gasteiger partial charge >= 0.3 is 0 Å². The Morgan fingerprint density at radius 2 is 1.22 bits per heavy atom. The van der Waals surface area contributed by atoms with E-state index in [1.54, 1.807) is 22.7 Å². The standard InChI is InChI=1S/C28H30N2O4S2/c1-27(2,3)16-6-8-28(9-7-16)29-21-17(25-23-19(14-35-25)31-10-12-33-23)4-5-18(22(21)30-28)26-24-20(15-36-26)32-11-13-34-24/h4-5,14-16H,6-13H2,1-3H3. The quantitative estimate of drug-likeness (QED) is 0.422. The smallest absolute Gasteiger partial charge is 0.180 e. The van der Waals surface area contributed by atoms with E-state index in [9.17, 15) is 0 Å². The average Bonchev–Trinajstić information content (AvgIpc) is 3.58. The molecule has 3 aliphatic heterocycles. The first-order chi connectivity index (χ1) is 17.4. The van der Waals surface area contributed by atoms with Gasteiger partial charge in [0.15, 0.2) is 28.7 Å². The van der Waals surface area contributed by atoms with Crippen LogP contribution >= 0.6 is 22.7 Å². The first kappa shape index (κ1) is 22.6. The highest BCUT2D eigenvalue weighted by Crippen LogP contribution is 2.48. The maximum Gasteiger partial charge on any atom is 0.180 e. The highest BCUT2D eigenvalue weighted by Gasteiger charge is 2.41. The minimum atomic E-state index is -0.391. The van der Waals surface area contributed by atoms with E-state index in [1.807, 2.05) is 10.8 Å². The van der Waals surface area contributed by atoms with E-state index in [4.69, 9.17) is 28.9 Å². The molecule has 1 spiro atoms. The summed E-state index contributed by atoms with van der Waals surface area (Å²) in [5, 5.41) is 6.03. The third-order valence-electron chi connectivity index (χ3n) is 7.89. The Balaban J connectivity index is 1.39. The molecule has 1 saturated carbocycles. The van der Waals surface area contributed by atoms with Crippen molar-refractivity contribution in [1.82, 2.24) is 0 Å². The van der Waals surface area contributed by atoms with Crippen molar-refractivity contribution in [2.45, 2.75) is 52.1 Å². The minimum Gasteiger partial charge on any atom is -0.485 e. The zero-order valence-electron chi connectivity index (χ0n) is 20.9. The molecule has 1 fully saturated rings. The molecule has 6 nitrogen and oxygen atoms in total. The predicted octanol–water partition coefficient (Wildman–Crippen LogP) is 5.87. The van der Waals surface area contributed by atoms with Crippen molar-refractivity contribution in [3.05, 3.63) is 33.6 Å². The highest BCUT2D eigenvalue weighted by molar-refractivity contribution is 7.14. The molecule has 1 aromatic carbocycles. The molecule has 1 aliphatic carbocycles. The summed E-state index contributed by atoms with van der Waals surface area (Å²) < 4.78 is 23.8. The number of hydrogen-bond acceptors (Lipinski definition) is 8.